The van der Waals surface area contributed by atoms with Crippen LogP contribution in [-0.4, -0.2) is 25.5 Å². The van der Waals surface area contributed by atoms with E-state index in [1.54, 1.807) is 4.40 Å². The third kappa shape index (κ3) is 2.87. The molecule has 0 bridgehead atoms. The molecule has 0 fully saturated rings. The van der Waals surface area contributed by atoms with Gasteiger partial charge in [0.05, 0.1) is 17.1 Å². The highest BCUT2D eigenvalue weighted by atomic mass is 35.5. The predicted molar refractivity (Wildman–Crippen MR) is 82.8 cm³/mol. The number of hydrogen-bond acceptors (Lipinski definition) is 4. The lowest BCUT2D eigenvalue weighted by Crippen LogP contribution is -2.25. The van der Waals surface area contributed by atoms with Crippen molar-refractivity contribution >= 4 is 23.3 Å². The Morgan fingerprint density at radius 1 is 1.35 bits per heavy atom. The zero-order chi connectivity index (χ0) is 16.6. The highest BCUT2D eigenvalue weighted by molar-refractivity contribution is 6.33. The molecule has 6 nitrogen and oxygen atoms in total. The number of carbonyl (C=O) groups excluding carboxylic acids is 1. The van der Waals surface area contributed by atoms with Gasteiger partial charge in [0, 0.05) is 11.4 Å². The predicted octanol–water partition coefficient (Wildman–Crippen LogP) is 2.46. The molecular formula is C15H13ClFN5O. The maximum Gasteiger partial charge on any atom is 0.256 e. The van der Waals surface area contributed by atoms with Gasteiger partial charge < -0.3 is 5.32 Å². The number of hydrogen-bond donors (Lipinski definition) is 1. The number of nitrogens with one attached hydrogen (secondary N) is 1. The highest BCUT2D eigenvalue weighted by Gasteiger charge is 2.17. The first-order chi connectivity index (χ1) is 11.0. The molecule has 0 atom stereocenters. The summed E-state index contributed by atoms with van der Waals surface area (Å²) in [6.07, 6.45) is 0. The minimum atomic E-state index is -0.672. The van der Waals surface area contributed by atoms with Crippen molar-refractivity contribution < 1.29 is 9.18 Å². The largest absolute Gasteiger partial charge is 0.345 e. The normalized spacial score (nSPS) is 11.0. The van der Waals surface area contributed by atoms with Crippen molar-refractivity contribution in [3.63, 3.8) is 0 Å². The van der Waals surface area contributed by atoms with Crippen LogP contribution in [0.1, 0.15) is 27.6 Å². The fourth-order valence-electron chi connectivity index (χ4n) is 2.37. The van der Waals surface area contributed by atoms with Crippen molar-refractivity contribution in [3.05, 3.63) is 57.9 Å². The highest BCUT2D eigenvalue weighted by Crippen LogP contribution is 2.18. The molecule has 0 aliphatic heterocycles. The standard InChI is InChI=1S/C15H13ClFN5O/c1-8-6-9(2)22-12(20-21-15(22)19-8)7-18-14(23)13-10(16)4-3-5-11(13)17/h3-6H,7H2,1-2H3,(H,18,23). The van der Waals surface area contributed by atoms with E-state index >= 15 is 0 Å². The summed E-state index contributed by atoms with van der Waals surface area (Å²) in [7, 11) is 0. The van der Waals surface area contributed by atoms with E-state index in [-0.39, 0.29) is 17.1 Å². The molecule has 0 aliphatic rings. The molecule has 0 radical (unpaired) electrons. The van der Waals surface area contributed by atoms with Crippen LogP contribution in [0.5, 0.6) is 0 Å². The molecule has 3 aromatic rings. The van der Waals surface area contributed by atoms with Crippen molar-refractivity contribution in [3.8, 4) is 0 Å². The SMILES string of the molecule is Cc1cc(C)n2c(CNC(=O)c3c(F)cccc3Cl)nnc2n1. The molecule has 23 heavy (non-hydrogen) atoms. The van der Waals surface area contributed by atoms with Crippen LogP contribution in [0.2, 0.25) is 5.02 Å². The summed E-state index contributed by atoms with van der Waals surface area (Å²) in [5.41, 5.74) is 1.54. The van der Waals surface area contributed by atoms with Crippen molar-refractivity contribution in [2.24, 2.45) is 0 Å². The van der Waals surface area contributed by atoms with Crippen LogP contribution in [0.3, 0.4) is 0 Å². The van der Waals surface area contributed by atoms with Crippen molar-refractivity contribution in [1.29, 1.82) is 0 Å². The zero-order valence-corrected chi connectivity index (χ0v) is 13.2. The molecule has 1 amide bonds. The molecule has 1 N–H and O–H groups in total. The molecular weight excluding hydrogens is 321 g/mol. The van der Waals surface area contributed by atoms with Crippen LogP contribution < -0.4 is 5.32 Å². The minimum Gasteiger partial charge on any atom is -0.345 e. The van der Waals surface area contributed by atoms with Crippen LogP contribution in [0.25, 0.3) is 5.78 Å². The molecule has 2 aromatic heterocycles. The van der Waals surface area contributed by atoms with Crippen LogP contribution in [0, 0.1) is 19.7 Å². The molecule has 1 aromatic carbocycles. The number of nitrogens with zero attached hydrogens (tertiary/aromatic N) is 4. The van der Waals surface area contributed by atoms with Gasteiger partial charge in [0.25, 0.3) is 11.7 Å². The van der Waals surface area contributed by atoms with E-state index in [0.717, 1.165) is 11.4 Å². The second-order valence-corrected chi connectivity index (χ2v) is 5.48. The van der Waals surface area contributed by atoms with Gasteiger partial charge in [-0.05, 0) is 32.0 Å². The lowest BCUT2D eigenvalue weighted by molar-refractivity contribution is 0.0946. The van der Waals surface area contributed by atoms with Crippen molar-refractivity contribution in [1.82, 2.24) is 24.9 Å². The number of halogens is 2. The summed E-state index contributed by atoms with van der Waals surface area (Å²) in [5.74, 6) is -0.321. The molecule has 0 unspecified atom stereocenters. The van der Waals surface area contributed by atoms with E-state index in [0.29, 0.717) is 11.6 Å². The van der Waals surface area contributed by atoms with E-state index in [9.17, 15) is 9.18 Å². The molecule has 3 rings (SSSR count). The van der Waals surface area contributed by atoms with Gasteiger partial charge in [-0.1, -0.05) is 17.7 Å². The maximum atomic E-state index is 13.7. The summed E-state index contributed by atoms with van der Waals surface area (Å²) in [4.78, 5) is 16.4. The molecule has 2 heterocycles. The average Bonchev–Trinajstić information content (AvgIpc) is 2.88. The summed E-state index contributed by atoms with van der Waals surface area (Å²) < 4.78 is 15.5. The van der Waals surface area contributed by atoms with Gasteiger partial charge in [-0.25, -0.2) is 9.37 Å². The van der Waals surface area contributed by atoms with Crippen molar-refractivity contribution in [2.45, 2.75) is 20.4 Å². The number of fused-ring (bicyclic) bond motifs is 1. The molecule has 8 heteroatoms. The fourth-order valence-corrected chi connectivity index (χ4v) is 2.62. The summed E-state index contributed by atoms with van der Waals surface area (Å²) in [5, 5.41) is 10.7. The Morgan fingerprint density at radius 2 is 2.13 bits per heavy atom. The Kier molecular flexibility index (Phi) is 3.96. The van der Waals surface area contributed by atoms with Gasteiger partial charge >= 0.3 is 0 Å². The van der Waals surface area contributed by atoms with Gasteiger partial charge in [-0.3, -0.25) is 9.20 Å². The van der Waals surface area contributed by atoms with Crippen LogP contribution in [0.15, 0.2) is 24.3 Å². The van der Waals surface area contributed by atoms with E-state index < -0.39 is 11.7 Å². The Hall–Kier alpha value is -2.54. The zero-order valence-electron chi connectivity index (χ0n) is 12.5. The second kappa shape index (κ2) is 5.92. The van der Waals surface area contributed by atoms with Gasteiger partial charge in [-0.15, -0.1) is 10.2 Å². The van der Waals surface area contributed by atoms with E-state index in [1.807, 2.05) is 19.9 Å². The molecule has 0 saturated carbocycles. The van der Waals surface area contributed by atoms with Gasteiger partial charge in [0.1, 0.15) is 5.82 Å². The fraction of sp³-hybridized carbons (Fsp3) is 0.200. The number of amides is 1. The number of carbonyl (C=O) groups is 1. The minimum absolute atomic E-state index is 0.0575. The number of aryl methyl sites for hydroxylation is 2. The van der Waals surface area contributed by atoms with E-state index in [1.165, 1.54) is 18.2 Å². The molecule has 0 aliphatic carbocycles. The maximum absolute atomic E-state index is 13.7. The Balaban J connectivity index is 1.85. The first-order valence-corrected chi connectivity index (χ1v) is 7.25. The lowest BCUT2D eigenvalue weighted by atomic mass is 10.2. The van der Waals surface area contributed by atoms with Gasteiger partial charge in [-0.2, -0.15) is 0 Å². The van der Waals surface area contributed by atoms with Crippen LogP contribution in [0.4, 0.5) is 4.39 Å². The van der Waals surface area contributed by atoms with Crippen LogP contribution in [-0.2, 0) is 6.54 Å². The van der Waals surface area contributed by atoms with E-state index in [2.05, 4.69) is 20.5 Å². The Morgan fingerprint density at radius 3 is 2.87 bits per heavy atom. The van der Waals surface area contributed by atoms with Gasteiger partial charge in [0.2, 0.25) is 0 Å². The van der Waals surface area contributed by atoms with Gasteiger partial charge in [0.15, 0.2) is 5.82 Å². The monoisotopic (exact) mass is 333 g/mol. The molecule has 0 saturated heterocycles. The quantitative estimate of drug-likeness (QED) is 0.799. The topological polar surface area (TPSA) is 72.2 Å². The Bertz CT molecular complexity index is 888. The summed E-state index contributed by atoms with van der Waals surface area (Å²) in [6, 6.07) is 5.97. The Labute approximate surface area is 136 Å². The smallest absolute Gasteiger partial charge is 0.256 e. The van der Waals surface area contributed by atoms with E-state index in [4.69, 9.17) is 11.6 Å². The number of aromatic nitrogens is 4. The first-order valence-electron chi connectivity index (χ1n) is 6.88. The first kappa shape index (κ1) is 15.4. The molecule has 118 valence electrons. The third-order valence-corrected chi connectivity index (χ3v) is 3.67. The second-order valence-electron chi connectivity index (χ2n) is 5.07. The summed E-state index contributed by atoms with van der Waals surface area (Å²) in [6.45, 7) is 3.84. The number of benzene rings is 1. The lowest BCUT2D eigenvalue weighted by Gasteiger charge is -2.08. The van der Waals surface area contributed by atoms with Crippen molar-refractivity contribution in [2.75, 3.05) is 0 Å². The summed E-state index contributed by atoms with van der Waals surface area (Å²) >= 11 is 5.88. The molecule has 0 spiro atoms. The van der Waals surface area contributed by atoms with Crippen LogP contribution >= 0.6 is 11.6 Å². The number of rotatable bonds is 3. The third-order valence-electron chi connectivity index (χ3n) is 3.36. The average molecular weight is 334 g/mol.